The van der Waals surface area contributed by atoms with Crippen molar-refractivity contribution in [2.45, 2.75) is 12.7 Å². The predicted octanol–water partition coefficient (Wildman–Crippen LogP) is 2.55. The maximum atomic E-state index is 12.4. The fourth-order valence-corrected chi connectivity index (χ4v) is 1.53. The molecule has 1 heterocycles. The lowest BCUT2D eigenvalue weighted by molar-refractivity contribution is -0.140. The average Bonchev–Trinajstić information content (AvgIpc) is 2.77. The Labute approximate surface area is 95.5 Å². The third-order valence-corrected chi connectivity index (χ3v) is 2.37. The van der Waals surface area contributed by atoms with E-state index >= 15 is 0 Å². The number of hydrogen-bond acceptors (Lipinski definition) is 2. The van der Waals surface area contributed by atoms with Crippen molar-refractivity contribution in [3.8, 4) is 11.4 Å². The molecule has 0 saturated carbocycles. The van der Waals surface area contributed by atoms with Crippen LogP contribution in [0.4, 0.5) is 13.2 Å². The first-order valence-corrected chi connectivity index (χ1v) is 4.93. The molecule has 0 aliphatic rings. The number of nitrogens with zero attached hydrogens (tertiary/aromatic N) is 1. The second kappa shape index (κ2) is 4.21. The summed E-state index contributed by atoms with van der Waals surface area (Å²) < 4.78 is 37.2. The van der Waals surface area contributed by atoms with Gasteiger partial charge in [-0.15, -0.1) is 0 Å². The number of H-pyrrole nitrogens is 1. The smallest absolute Gasteiger partial charge is 0.334 e. The van der Waals surface area contributed by atoms with E-state index in [4.69, 9.17) is 5.73 Å². The number of nitrogens with two attached hydrogens (primary N) is 1. The van der Waals surface area contributed by atoms with Crippen LogP contribution in [0.1, 0.15) is 11.3 Å². The molecule has 0 aliphatic heterocycles. The Morgan fingerprint density at radius 3 is 2.53 bits per heavy atom. The molecular weight excluding hydrogens is 231 g/mol. The van der Waals surface area contributed by atoms with Crippen molar-refractivity contribution in [2.75, 3.05) is 0 Å². The molecule has 2 rings (SSSR count). The third-order valence-electron chi connectivity index (χ3n) is 2.37. The lowest BCUT2D eigenvalue weighted by Gasteiger charge is -2.05. The van der Waals surface area contributed by atoms with E-state index in [0.717, 1.165) is 11.8 Å². The number of aromatic amines is 1. The summed E-state index contributed by atoms with van der Waals surface area (Å²) in [6.45, 7) is 0.248. The second-order valence-electron chi connectivity index (χ2n) is 3.50. The first-order chi connectivity index (χ1) is 8.02. The van der Waals surface area contributed by atoms with E-state index in [1.807, 2.05) is 0 Å². The highest BCUT2D eigenvalue weighted by molar-refractivity contribution is 5.60. The molecule has 0 spiro atoms. The Morgan fingerprint density at radius 2 is 1.94 bits per heavy atom. The zero-order chi connectivity index (χ0) is 12.5. The first-order valence-electron chi connectivity index (χ1n) is 4.93. The summed E-state index contributed by atoms with van der Waals surface area (Å²) in [5.41, 5.74) is 5.99. The van der Waals surface area contributed by atoms with Gasteiger partial charge in [-0.1, -0.05) is 24.3 Å². The molecule has 0 fully saturated rings. The molecule has 0 amide bonds. The van der Waals surface area contributed by atoms with Gasteiger partial charge in [0, 0.05) is 12.1 Å². The van der Waals surface area contributed by atoms with Crippen LogP contribution in [-0.4, -0.2) is 9.97 Å². The van der Waals surface area contributed by atoms with Crippen molar-refractivity contribution in [2.24, 2.45) is 5.73 Å². The predicted molar refractivity (Wildman–Crippen MR) is 56.9 cm³/mol. The Balaban J connectivity index is 2.44. The van der Waals surface area contributed by atoms with E-state index in [0.29, 0.717) is 5.56 Å². The molecule has 0 radical (unpaired) electrons. The van der Waals surface area contributed by atoms with Crippen LogP contribution in [0.25, 0.3) is 11.4 Å². The van der Waals surface area contributed by atoms with E-state index in [2.05, 4.69) is 9.97 Å². The molecule has 90 valence electrons. The van der Waals surface area contributed by atoms with Gasteiger partial charge in [-0.3, -0.25) is 0 Å². The molecule has 17 heavy (non-hydrogen) atoms. The minimum absolute atomic E-state index is 0.179. The van der Waals surface area contributed by atoms with Crippen LogP contribution in [0.5, 0.6) is 0 Å². The summed E-state index contributed by atoms with van der Waals surface area (Å²) in [5, 5.41) is 0. The van der Waals surface area contributed by atoms with Crippen molar-refractivity contribution >= 4 is 0 Å². The standard InChI is InChI=1S/C11H10F3N3/c12-11(13,14)9-6-16-10(17-9)8-4-2-1-3-7(8)5-15/h1-4,6H,5,15H2,(H,16,17). The minimum Gasteiger partial charge on any atom is -0.334 e. The van der Waals surface area contributed by atoms with Crippen LogP contribution in [-0.2, 0) is 12.7 Å². The highest BCUT2D eigenvalue weighted by Crippen LogP contribution is 2.30. The van der Waals surface area contributed by atoms with E-state index in [-0.39, 0.29) is 12.4 Å². The van der Waals surface area contributed by atoms with E-state index in [1.54, 1.807) is 24.3 Å². The normalized spacial score (nSPS) is 11.8. The average molecular weight is 241 g/mol. The maximum absolute atomic E-state index is 12.4. The van der Waals surface area contributed by atoms with E-state index < -0.39 is 11.9 Å². The van der Waals surface area contributed by atoms with E-state index in [1.165, 1.54) is 0 Å². The molecule has 0 atom stereocenters. The van der Waals surface area contributed by atoms with Crippen molar-refractivity contribution in [1.82, 2.24) is 9.97 Å². The van der Waals surface area contributed by atoms with Gasteiger partial charge in [-0.25, -0.2) is 4.98 Å². The van der Waals surface area contributed by atoms with Gasteiger partial charge >= 0.3 is 6.18 Å². The van der Waals surface area contributed by atoms with Gasteiger partial charge in [0.15, 0.2) is 0 Å². The van der Waals surface area contributed by atoms with E-state index in [9.17, 15) is 13.2 Å². The maximum Gasteiger partial charge on any atom is 0.432 e. The van der Waals surface area contributed by atoms with Crippen LogP contribution in [0.15, 0.2) is 30.5 Å². The molecule has 3 N–H and O–H groups in total. The fourth-order valence-electron chi connectivity index (χ4n) is 1.53. The lowest BCUT2D eigenvalue weighted by Crippen LogP contribution is -2.05. The van der Waals surface area contributed by atoms with Crippen LogP contribution < -0.4 is 5.73 Å². The molecule has 3 nitrogen and oxygen atoms in total. The molecule has 0 bridgehead atoms. The van der Waals surface area contributed by atoms with Crippen molar-refractivity contribution in [1.29, 1.82) is 0 Å². The van der Waals surface area contributed by atoms with Crippen molar-refractivity contribution in [3.05, 3.63) is 41.7 Å². The van der Waals surface area contributed by atoms with Crippen LogP contribution in [0.2, 0.25) is 0 Å². The van der Waals surface area contributed by atoms with Crippen LogP contribution in [0.3, 0.4) is 0 Å². The number of halogens is 3. The zero-order valence-corrected chi connectivity index (χ0v) is 8.75. The van der Waals surface area contributed by atoms with Gasteiger partial charge in [-0.2, -0.15) is 13.2 Å². The number of rotatable bonds is 2. The van der Waals surface area contributed by atoms with Crippen molar-refractivity contribution < 1.29 is 13.2 Å². The van der Waals surface area contributed by atoms with Gasteiger partial charge in [0.25, 0.3) is 0 Å². The Bertz CT molecular complexity index is 517. The molecule has 0 aliphatic carbocycles. The topological polar surface area (TPSA) is 54.7 Å². The van der Waals surface area contributed by atoms with Gasteiger partial charge in [0.1, 0.15) is 11.5 Å². The minimum atomic E-state index is -4.41. The highest BCUT2D eigenvalue weighted by Gasteiger charge is 2.33. The Kier molecular flexibility index (Phi) is 2.89. The highest BCUT2D eigenvalue weighted by atomic mass is 19.4. The van der Waals surface area contributed by atoms with Gasteiger partial charge < -0.3 is 10.7 Å². The quantitative estimate of drug-likeness (QED) is 0.848. The summed E-state index contributed by atoms with van der Waals surface area (Å²) in [7, 11) is 0. The Hall–Kier alpha value is -1.82. The van der Waals surface area contributed by atoms with Crippen LogP contribution in [0, 0.1) is 0 Å². The summed E-state index contributed by atoms with van der Waals surface area (Å²) in [6, 6.07) is 6.94. The number of imidazole rings is 1. The number of alkyl halides is 3. The van der Waals surface area contributed by atoms with Gasteiger partial charge in [0.2, 0.25) is 0 Å². The summed E-state index contributed by atoms with van der Waals surface area (Å²) in [6.07, 6.45) is -3.63. The van der Waals surface area contributed by atoms with Crippen LogP contribution >= 0.6 is 0 Å². The number of aromatic nitrogens is 2. The summed E-state index contributed by atoms with van der Waals surface area (Å²) >= 11 is 0. The molecule has 0 saturated heterocycles. The number of hydrogen-bond donors (Lipinski definition) is 2. The number of nitrogens with one attached hydrogen (secondary N) is 1. The number of benzene rings is 1. The van der Waals surface area contributed by atoms with Gasteiger partial charge in [0.05, 0.1) is 6.20 Å². The SMILES string of the molecule is NCc1ccccc1-c1ncc(C(F)(F)F)[nH]1. The molecular formula is C11H10F3N3. The summed E-state index contributed by atoms with van der Waals surface area (Å²) in [4.78, 5) is 5.98. The molecule has 1 aromatic carbocycles. The second-order valence-corrected chi connectivity index (χ2v) is 3.50. The fraction of sp³-hybridized carbons (Fsp3) is 0.182. The largest absolute Gasteiger partial charge is 0.432 e. The monoisotopic (exact) mass is 241 g/mol. The first kappa shape index (κ1) is 11.7. The zero-order valence-electron chi connectivity index (χ0n) is 8.75. The molecule has 0 unspecified atom stereocenters. The summed E-state index contributed by atoms with van der Waals surface area (Å²) in [5.74, 6) is 0.179. The van der Waals surface area contributed by atoms with Crippen molar-refractivity contribution in [3.63, 3.8) is 0 Å². The molecule has 2 aromatic rings. The molecule has 1 aromatic heterocycles. The Morgan fingerprint density at radius 1 is 1.24 bits per heavy atom. The molecule has 6 heteroatoms. The van der Waals surface area contributed by atoms with Gasteiger partial charge in [-0.05, 0) is 5.56 Å². The lowest BCUT2D eigenvalue weighted by atomic mass is 10.1. The third kappa shape index (κ3) is 2.31.